The minimum atomic E-state index is -3.61. The number of nitrogens with two attached hydrogens (primary N) is 1. The van der Waals surface area contributed by atoms with Crippen LogP contribution >= 0.6 is 0 Å². The molecule has 0 aliphatic heterocycles. The van der Waals surface area contributed by atoms with Crippen molar-refractivity contribution in [3.05, 3.63) is 40.3 Å². The van der Waals surface area contributed by atoms with Crippen molar-refractivity contribution in [1.82, 2.24) is 29.6 Å². The number of nitrogen functional groups attached to an aromatic ring is 1. The first-order valence-corrected chi connectivity index (χ1v) is 12.5. The van der Waals surface area contributed by atoms with E-state index < -0.39 is 10.0 Å². The van der Waals surface area contributed by atoms with E-state index in [0.29, 0.717) is 43.7 Å². The third kappa shape index (κ3) is 6.30. The lowest BCUT2D eigenvalue weighted by atomic mass is 10.2. The highest BCUT2D eigenvalue weighted by atomic mass is 32.2. The van der Waals surface area contributed by atoms with E-state index in [0.717, 1.165) is 18.4 Å². The van der Waals surface area contributed by atoms with Gasteiger partial charge in [0.1, 0.15) is 5.52 Å². The van der Waals surface area contributed by atoms with Crippen LogP contribution in [0, 0.1) is 0 Å². The maximum atomic E-state index is 12.6. The molecule has 1 aromatic carbocycles. The maximum absolute atomic E-state index is 12.6. The Morgan fingerprint density at radius 1 is 1.21 bits per heavy atom. The number of sulfonamides is 1. The lowest BCUT2D eigenvalue weighted by Crippen LogP contribution is -2.25. The number of hydrogen-bond donors (Lipinski definition) is 4. The highest BCUT2D eigenvalue weighted by molar-refractivity contribution is 7.89. The van der Waals surface area contributed by atoms with Crippen LogP contribution in [-0.4, -0.2) is 48.1 Å². The Labute approximate surface area is 192 Å². The first-order valence-electron chi connectivity index (χ1n) is 11.0. The predicted molar refractivity (Wildman–Crippen MR) is 127 cm³/mol. The van der Waals surface area contributed by atoms with Crippen molar-refractivity contribution >= 4 is 27.0 Å². The average molecular weight is 478 g/mol. The second kappa shape index (κ2) is 11.3. The molecule has 3 rings (SSSR count). The van der Waals surface area contributed by atoms with E-state index in [2.05, 4.69) is 25.0 Å². The fraction of sp³-hybridized carbons (Fsp3) is 0.476. The number of unbranched alkanes of at least 4 members (excludes halogenated alkanes) is 2. The number of aromatic amines is 1. The van der Waals surface area contributed by atoms with Gasteiger partial charge in [-0.25, -0.2) is 17.9 Å². The quantitative estimate of drug-likeness (QED) is 0.269. The maximum Gasteiger partial charge on any atom is 0.327 e. The van der Waals surface area contributed by atoms with Crippen molar-refractivity contribution in [2.75, 3.05) is 25.9 Å². The lowest BCUT2D eigenvalue weighted by molar-refractivity contribution is 0.286. The van der Waals surface area contributed by atoms with Gasteiger partial charge in [-0.1, -0.05) is 25.5 Å². The van der Waals surface area contributed by atoms with E-state index in [4.69, 9.17) is 10.5 Å². The van der Waals surface area contributed by atoms with Crippen molar-refractivity contribution in [2.45, 2.75) is 50.6 Å². The lowest BCUT2D eigenvalue weighted by Gasteiger charge is -2.09. The molecule has 2 aromatic heterocycles. The van der Waals surface area contributed by atoms with E-state index in [1.54, 1.807) is 25.2 Å². The van der Waals surface area contributed by atoms with Crippen LogP contribution in [0.1, 0.15) is 38.2 Å². The highest BCUT2D eigenvalue weighted by Gasteiger charge is 2.16. The second-order valence-electron chi connectivity index (χ2n) is 7.66. The molecule has 0 saturated heterocycles. The number of H-pyrrole nitrogens is 1. The largest absolute Gasteiger partial charge is 0.463 e. The van der Waals surface area contributed by atoms with Gasteiger partial charge in [-0.2, -0.15) is 9.97 Å². The standard InChI is InChI=1S/C21H31N7O4S/c1-3-4-12-32-20-26-18(22)17-19(27-20)28(21(29)25-17)11-6-5-10-24-33(30,31)16-9-7-8-15(13-16)14-23-2/h7-9,13,23-24H,3-6,10-12,14H2,1-2H3,(H,25,29)(H2,22,26,27). The average Bonchev–Trinajstić information content (AvgIpc) is 3.10. The molecule has 0 fully saturated rings. The van der Waals surface area contributed by atoms with Gasteiger partial charge >= 0.3 is 11.7 Å². The summed E-state index contributed by atoms with van der Waals surface area (Å²) < 4.78 is 34.7. The summed E-state index contributed by atoms with van der Waals surface area (Å²) in [5.41, 5.74) is 7.24. The molecule has 0 atom stereocenters. The number of anilines is 1. The van der Waals surface area contributed by atoms with E-state index in [9.17, 15) is 13.2 Å². The fourth-order valence-corrected chi connectivity index (χ4v) is 4.47. The van der Waals surface area contributed by atoms with Gasteiger partial charge in [0.15, 0.2) is 11.5 Å². The third-order valence-electron chi connectivity index (χ3n) is 5.05. The third-order valence-corrected chi connectivity index (χ3v) is 6.51. The van der Waals surface area contributed by atoms with Gasteiger partial charge < -0.3 is 20.8 Å². The molecule has 5 N–H and O–H groups in total. The Bertz CT molecular complexity index is 1240. The molecule has 2 heterocycles. The molecule has 0 spiro atoms. The van der Waals surface area contributed by atoms with Crippen molar-refractivity contribution in [1.29, 1.82) is 0 Å². The molecule has 0 radical (unpaired) electrons. The topological polar surface area (TPSA) is 157 Å². The molecule has 12 heteroatoms. The Hall–Kier alpha value is -2.96. The van der Waals surface area contributed by atoms with Crippen LogP contribution in [0.5, 0.6) is 6.01 Å². The van der Waals surface area contributed by atoms with Gasteiger partial charge in [-0.15, -0.1) is 0 Å². The van der Waals surface area contributed by atoms with Crippen molar-refractivity contribution < 1.29 is 13.2 Å². The van der Waals surface area contributed by atoms with E-state index in [1.165, 1.54) is 4.57 Å². The van der Waals surface area contributed by atoms with Crippen LogP contribution in [0.4, 0.5) is 5.82 Å². The van der Waals surface area contributed by atoms with Crippen molar-refractivity contribution in [2.24, 2.45) is 0 Å². The number of nitrogens with one attached hydrogen (secondary N) is 3. The van der Waals surface area contributed by atoms with Crippen LogP contribution in [-0.2, 0) is 23.1 Å². The first-order chi connectivity index (χ1) is 15.9. The smallest absolute Gasteiger partial charge is 0.327 e. The first kappa shape index (κ1) is 24.7. The zero-order valence-electron chi connectivity index (χ0n) is 18.9. The summed E-state index contributed by atoms with van der Waals surface area (Å²) in [5, 5.41) is 3.00. The van der Waals surface area contributed by atoms with Gasteiger partial charge in [-0.05, 0) is 44.0 Å². The number of rotatable bonds is 13. The van der Waals surface area contributed by atoms with E-state index in [1.807, 2.05) is 13.0 Å². The zero-order chi connectivity index (χ0) is 23.8. The van der Waals surface area contributed by atoms with Crippen LogP contribution < -0.4 is 26.2 Å². The fourth-order valence-electron chi connectivity index (χ4n) is 3.32. The summed E-state index contributed by atoms with van der Waals surface area (Å²) in [6.07, 6.45) is 2.93. The molecule has 0 amide bonds. The number of aromatic nitrogens is 4. The molecule has 0 saturated carbocycles. The van der Waals surface area contributed by atoms with E-state index in [-0.39, 0.29) is 29.0 Å². The normalized spacial score (nSPS) is 11.8. The van der Waals surface area contributed by atoms with Gasteiger partial charge in [0.05, 0.1) is 11.5 Å². The Morgan fingerprint density at radius 2 is 2.03 bits per heavy atom. The van der Waals surface area contributed by atoms with Gasteiger partial charge in [0.25, 0.3) is 0 Å². The molecular formula is C21H31N7O4S. The SMILES string of the molecule is CCCCOc1nc(N)c2[nH]c(=O)n(CCCCNS(=O)(=O)c3cccc(CNC)c3)c2n1. The molecule has 0 unspecified atom stereocenters. The number of ether oxygens (including phenoxy) is 1. The number of nitrogens with zero attached hydrogens (tertiary/aromatic N) is 3. The van der Waals surface area contributed by atoms with Crippen LogP contribution in [0.15, 0.2) is 34.0 Å². The highest BCUT2D eigenvalue weighted by Crippen LogP contribution is 2.18. The number of aryl methyl sites for hydroxylation is 1. The van der Waals surface area contributed by atoms with Crippen LogP contribution in [0.25, 0.3) is 11.2 Å². The molecule has 0 bridgehead atoms. The predicted octanol–water partition coefficient (Wildman–Crippen LogP) is 1.36. The molecular weight excluding hydrogens is 446 g/mol. The summed E-state index contributed by atoms with van der Waals surface area (Å²) >= 11 is 0. The minimum absolute atomic E-state index is 0.134. The summed E-state index contributed by atoms with van der Waals surface area (Å²) in [7, 11) is -1.80. The Balaban J connectivity index is 1.60. The molecule has 0 aliphatic rings. The second-order valence-corrected chi connectivity index (χ2v) is 9.42. The zero-order valence-corrected chi connectivity index (χ0v) is 19.7. The Morgan fingerprint density at radius 3 is 2.79 bits per heavy atom. The molecule has 3 aromatic rings. The Kier molecular flexibility index (Phi) is 8.42. The van der Waals surface area contributed by atoms with Crippen LogP contribution in [0.3, 0.4) is 0 Å². The molecule has 0 aliphatic carbocycles. The molecule has 180 valence electrons. The summed E-state index contributed by atoms with van der Waals surface area (Å²) in [4.78, 5) is 23.7. The van der Waals surface area contributed by atoms with Crippen LogP contribution in [0.2, 0.25) is 0 Å². The summed E-state index contributed by atoms with van der Waals surface area (Å²) in [6.45, 7) is 3.70. The number of fused-ring (bicyclic) bond motifs is 1. The number of imidazole rings is 1. The van der Waals surface area contributed by atoms with Gasteiger partial charge in [0.2, 0.25) is 10.0 Å². The molecule has 33 heavy (non-hydrogen) atoms. The number of benzene rings is 1. The summed E-state index contributed by atoms with van der Waals surface area (Å²) in [6, 6.07) is 6.93. The number of hydrogen-bond acceptors (Lipinski definition) is 8. The molecule has 11 nitrogen and oxygen atoms in total. The monoisotopic (exact) mass is 477 g/mol. The van der Waals surface area contributed by atoms with E-state index >= 15 is 0 Å². The minimum Gasteiger partial charge on any atom is -0.463 e. The van der Waals surface area contributed by atoms with Crippen molar-refractivity contribution in [3.63, 3.8) is 0 Å². The summed E-state index contributed by atoms with van der Waals surface area (Å²) in [5.74, 6) is 0.149. The van der Waals surface area contributed by atoms with Gasteiger partial charge in [0, 0.05) is 19.6 Å². The van der Waals surface area contributed by atoms with Crippen molar-refractivity contribution in [3.8, 4) is 6.01 Å². The van der Waals surface area contributed by atoms with Gasteiger partial charge in [-0.3, -0.25) is 4.57 Å².